The first kappa shape index (κ1) is 13.0. The Kier molecular flexibility index (Phi) is 5.29. The zero-order valence-electron chi connectivity index (χ0n) is 10.4. The van der Waals surface area contributed by atoms with Crippen molar-refractivity contribution in [2.24, 2.45) is 5.73 Å². The van der Waals surface area contributed by atoms with Crippen LogP contribution in [0.5, 0.6) is 5.75 Å². The summed E-state index contributed by atoms with van der Waals surface area (Å²) in [6.07, 6.45) is 0. The summed E-state index contributed by atoms with van der Waals surface area (Å²) in [4.78, 5) is 2.25. The molecule has 3 nitrogen and oxygen atoms in total. The molecular formula is C13H22N2O. The fourth-order valence-electron chi connectivity index (χ4n) is 1.74. The van der Waals surface area contributed by atoms with Crippen molar-refractivity contribution in [1.82, 2.24) is 4.90 Å². The van der Waals surface area contributed by atoms with Crippen molar-refractivity contribution >= 4 is 0 Å². The molecule has 2 N–H and O–H groups in total. The monoisotopic (exact) mass is 222 g/mol. The molecule has 1 aromatic rings. The minimum atomic E-state index is 0.292. The molecule has 1 aromatic carbocycles. The Morgan fingerprint density at radius 1 is 1.25 bits per heavy atom. The van der Waals surface area contributed by atoms with E-state index < -0.39 is 0 Å². The van der Waals surface area contributed by atoms with Gasteiger partial charge in [-0.25, -0.2) is 0 Å². The lowest BCUT2D eigenvalue weighted by Crippen LogP contribution is -2.30. The summed E-state index contributed by atoms with van der Waals surface area (Å²) >= 11 is 0. The highest BCUT2D eigenvalue weighted by molar-refractivity contribution is 5.29. The number of hydrogen-bond donors (Lipinski definition) is 1. The van der Waals surface area contributed by atoms with Crippen molar-refractivity contribution in [3.05, 3.63) is 29.8 Å². The lowest BCUT2D eigenvalue weighted by Gasteiger charge is -2.26. The fourth-order valence-corrected chi connectivity index (χ4v) is 1.74. The summed E-state index contributed by atoms with van der Waals surface area (Å²) in [5.41, 5.74) is 7.05. The second kappa shape index (κ2) is 6.51. The molecule has 0 bridgehead atoms. The number of ether oxygens (including phenoxy) is 1. The van der Waals surface area contributed by atoms with Gasteiger partial charge in [-0.3, -0.25) is 4.90 Å². The number of benzene rings is 1. The number of rotatable bonds is 6. The maximum Gasteiger partial charge on any atom is 0.119 e. The van der Waals surface area contributed by atoms with E-state index >= 15 is 0 Å². The summed E-state index contributed by atoms with van der Waals surface area (Å²) in [5, 5.41) is 0. The van der Waals surface area contributed by atoms with Crippen LogP contribution in [0.2, 0.25) is 0 Å². The highest BCUT2D eigenvalue weighted by atomic mass is 16.5. The SMILES string of the molecule is CCOc1ccc(C(CN)N(C)CC)cc1. The van der Waals surface area contributed by atoms with Gasteiger partial charge in [0.05, 0.1) is 6.61 Å². The molecule has 0 aliphatic carbocycles. The van der Waals surface area contributed by atoms with Gasteiger partial charge in [0, 0.05) is 12.6 Å². The summed E-state index contributed by atoms with van der Waals surface area (Å²) in [5.74, 6) is 0.918. The van der Waals surface area contributed by atoms with E-state index in [2.05, 4.69) is 31.0 Å². The summed E-state index contributed by atoms with van der Waals surface area (Å²) in [6.45, 7) is 6.46. The maximum atomic E-state index is 5.81. The Bertz CT molecular complexity index is 297. The van der Waals surface area contributed by atoms with Crippen LogP contribution in [0, 0.1) is 0 Å². The van der Waals surface area contributed by atoms with E-state index in [0.29, 0.717) is 19.2 Å². The fraction of sp³-hybridized carbons (Fsp3) is 0.538. The van der Waals surface area contributed by atoms with Crippen LogP contribution in [0.15, 0.2) is 24.3 Å². The van der Waals surface area contributed by atoms with Crippen molar-refractivity contribution in [1.29, 1.82) is 0 Å². The van der Waals surface area contributed by atoms with Gasteiger partial charge < -0.3 is 10.5 Å². The molecule has 0 aromatic heterocycles. The quantitative estimate of drug-likeness (QED) is 0.800. The van der Waals surface area contributed by atoms with E-state index in [-0.39, 0.29) is 0 Å². The highest BCUT2D eigenvalue weighted by Gasteiger charge is 2.13. The van der Waals surface area contributed by atoms with Gasteiger partial charge in [-0.2, -0.15) is 0 Å². The number of likely N-dealkylation sites (N-methyl/N-ethyl adjacent to an activating group) is 1. The molecule has 16 heavy (non-hydrogen) atoms. The van der Waals surface area contributed by atoms with Crippen LogP contribution in [0.3, 0.4) is 0 Å². The van der Waals surface area contributed by atoms with Crippen molar-refractivity contribution in [2.75, 3.05) is 26.7 Å². The van der Waals surface area contributed by atoms with Crippen LogP contribution < -0.4 is 10.5 Å². The average Bonchev–Trinajstić information content (AvgIpc) is 2.32. The molecule has 1 unspecified atom stereocenters. The smallest absolute Gasteiger partial charge is 0.119 e. The van der Waals surface area contributed by atoms with E-state index in [1.165, 1.54) is 5.56 Å². The van der Waals surface area contributed by atoms with E-state index in [4.69, 9.17) is 10.5 Å². The van der Waals surface area contributed by atoms with E-state index in [1.54, 1.807) is 0 Å². The third-order valence-corrected chi connectivity index (χ3v) is 2.83. The Labute approximate surface area is 98.2 Å². The van der Waals surface area contributed by atoms with Gasteiger partial charge in [0.2, 0.25) is 0 Å². The number of nitrogens with zero attached hydrogens (tertiary/aromatic N) is 1. The highest BCUT2D eigenvalue weighted by Crippen LogP contribution is 2.21. The van der Waals surface area contributed by atoms with Gasteiger partial charge in [0.25, 0.3) is 0 Å². The minimum absolute atomic E-state index is 0.292. The Morgan fingerprint density at radius 3 is 2.31 bits per heavy atom. The predicted octanol–water partition coefficient (Wildman–Crippen LogP) is 2.04. The van der Waals surface area contributed by atoms with Crippen molar-refractivity contribution in [2.45, 2.75) is 19.9 Å². The van der Waals surface area contributed by atoms with E-state index in [0.717, 1.165) is 12.3 Å². The normalized spacial score (nSPS) is 12.8. The minimum Gasteiger partial charge on any atom is -0.494 e. The Balaban J connectivity index is 2.78. The molecule has 0 aliphatic rings. The largest absolute Gasteiger partial charge is 0.494 e. The first-order chi connectivity index (χ1) is 7.72. The zero-order valence-corrected chi connectivity index (χ0v) is 10.4. The van der Waals surface area contributed by atoms with Crippen molar-refractivity contribution in [3.8, 4) is 5.75 Å². The van der Waals surface area contributed by atoms with Crippen LogP contribution in [-0.2, 0) is 0 Å². The molecule has 3 heteroatoms. The second-order valence-electron chi connectivity index (χ2n) is 3.83. The Morgan fingerprint density at radius 2 is 1.88 bits per heavy atom. The van der Waals surface area contributed by atoms with Gasteiger partial charge >= 0.3 is 0 Å². The summed E-state index contributed by atoms with van der Waals surface area (Å²) in [7, 11) is 2.09. The van der Waals surface area contributed by atoms with Gasteiger partial charge in [0.1, 0.15) is 5.75 Å². The van der Waals surface area contributed by atoms with Gasteiger partial charge in [-0.05, 0) is 38.2 Å². The lowest BCUT2D eigenvalue weighted by atomic mass is 10.1. The lowest BCUT2D eigenvalue weighted by molar-refractivity contribution is 0.263. The molecule has 0 saturated carbocycles. The number of nitrogens with two attached hydrogens (primary N) is 1. The van der Waals surface area contributed by atoms with Gasteiger partial charge in [-0.1, -0.05) is 19.1 Å². The third kappa shape index (κ3) is 3.22. The molecule has 0 spiro atoms. The molecule has 0 radical (unpaired) electrons. The zero-order chi connectivity index (χ0) is 12.0. The molecule has 0 amide bonds. The van der Waals surface area contributed by atoms with E-state index in [1.807, 2.05) is 19.1 Å². The Hall–Kier alpha value is -1.06. The van der Waals surface area contributed by atoms with Crippen LogP contribution in [0.1, 0.15) is 25.5 Å². The van der Waals surface area contributed by atoms with Crippen LogP contribution in [0.25, 0.3) is 0 Å². The van der Waals surface area contributed by atoms with Crippen LogP contribution in [0.4, 0.5) is 0 Å². The standard InChI is InChI=1S/C13H22N2O/c1-4-15(3)13(10-14)11-6-8-12(9-7-11)16-5-2/h6-9,13H,4-5,10,14H2,1-3H3. The summed E-state index contributed by atoms with van der Waals surface area (Å²) < 4.78 is 5.42. The molecule has 1 atom stereocenters. The van der Waals surface area contributed by atoms with Crippen LogP contribution in [-0.4, -0.2) is 31.6 Å². The van der Waals surface area contributed by atoms with E-state index in [9.17, 15) is 0 Å². The molecule has 0 heterocycles. The molecular weight excluding hydrogens is 200 g/mol. The third-order valence-electron chi connectivity index (χ3n) is 2.83. The average molecular weight is 222 g/mol. The maximum absolute atomic E-state index is 5.81. The van der Waals surface area contributed by atoms with Crippen molar-refractivity contribution < 1.29 is 4.74 Å². The van der Waals surface area contributed by atoms with Crippen LogP contribution >= 0.6 is 0 Å². The predicted molar refractivity (Wildman–Crippen MR) is 67.7 cm³/mol. The summed E-state index contributed by atoms with van der Waals surface area (Å²) in [6, 6.07) is 8.49. The molecule has 0 saturated heterocycles. The first-order valence-electron chi connectivity index (χ1n) is 5.86. The second-order valence-corrected chi connectivity index (χ2v) is 3.83. The molecule has 90 valence electrons. The topological polar surface area (TPSA) is 38.5 Å². The molecule has 0 aliphatic heterocycles. The molecule has 0 fully saturated rings. The van der Waals surface area contributed by atoms with Crippen molar-refractivity contribution in [3.63, 3.8) is 0 Å². The first-order valence-corrected chi connectivity index (χ1v) is 5.86. The van der Waals surface area contributed by atoms with Gasteiger partial charge in [0.15, 0.2) is 0 Å². The molecule has 1 rings (SSSR count). The van der Waals surface area contributed by atoms with Gasteiger partial charge in [-0.15, -0.1) is 0 Å². The number of hydrogen-bond acceptors (Lipinski definition) is 3.